The largest absolute Gasteiger partial charge is 0.481 e. The second kappa shape index (κ2) is 9.23. The number of carbonyl (C=O) groups is 2. The summed E-state index contributed by atoms with van der Waals surface area (Å²) < 4.78 is 0. The van der Waals surface area contributed by atoms with Crippen LogP contribution in [0.1, 0.15) is 44.9 Å². The Morgan fingerprint density at radius 3 is 2.78 bits per heavy atom. The first kappa shape index (κ1) is 18.2. The van der Waals surface area contributed by atoms with E-state index < -0.39 is 12.1 Å². The summed E-state index contributed by atoms with van der Waals surface area (Å²) in [6, 6.07) is 0. The van der Waals surface area contributed by atoms with Gasteiger partial charge in [0.25, 0.3) is 0 Å². The fourth-order valence-corrected chi connectivity index (χ4v) is 3.97. The van der Waals surface area contributed by atoms with Gasteiger partial charge in [-0.1, -0.05) is 25.3 Å². The van der Waals surface area contributed by atoms with Crippen LogP contribution in [0.5, 0.6) is 0 Å². The molecule has 5 nitrogen and oxygen atoms in total. The van der Waals surface area contributed by atoms with Crippen molar-refractivity contribution in [1.29, 1.82) is 0 Å². The number of nitrogens with zero attached hydrogens (tertiary/aromatic N) is 1. The number of ketones is 1. The smallest absolute Gasteiger partial charge is 0.303 e. The molecule has 3 unspecified atom stereocenters. The lowest BCUT2D eigenvalue weighted by atomic mass is 9.89. The van der Waals surface area contributed by atoms with Gasteiger partial charge in [-0.05, 0) is 31.3 Å². The summed E-state index contributed by atoms with van der Waals surface area (Å²) in [6.07, 6.45) is 8.12. The first-order chi connectivity index (χ1) is 11.1. The minimum absolute atomic E-state index is 0.0359. The second-order valence-electron chi connectivity index (χ2n) is 6.20. The maximum atomic E-state index is 12.1. The topological polar surface area (TPSA) is 87.0 Å². The Morgan fingerprint density at radius 2 is 2.09 bits per heavy atom. The summed E-state index contributed by atoms with van der Waals surface area (Å²) in [5.41, 5.74) is 0. The quantitative estimate of drug-likeness (QED) is 0.631. The molecular formula is C17H25NO4S. The van der Waals surface area contributed by atoms with Gasteiger partial charge in [0.2, 0.25) is 0 Å². The third-order valence-corrected chi connectivity index (χ3v) is 5.40. The van der Waals surface area contributed by atoms with E-state index in [-0.39, 0.29) is 24.0 Å². The van der Waals surface area contributed by atoms with E-state index in [1.54, 1.807) is 11.8 Å². The predicted molar refractivity (Wildman–Crippen MR) is 91.8 cm³/mol. The molecule has 0 amide bonds. The molecule has 2 N–H and O–H groups in total. The van der Waals surface area contributed by atoms with E-state index in [0.717, 1.165) is 43.0 Å². The van der Waals surface area contributed by atoms with E-state index in [9.17, 15) is 14.7 Å². The fraction of sp³-hybridized carbons (Fsp3) is 0.706. The van der Waals surface area contributed by atoms with E-state index >= 15 is 0 Å². The van der Waals surface area contributed by atoms with Gasteiger partial charge in [-0.3, -0.25) is 14.6 Å². The highest BCUT2D eigenvalue weighted by atomic mass is 32.2. The highest BCUT2D eigenvalue weighted by Gasteiger charge is 2.39. The fourth-order valence-electron chi connectivity index (χ4n) is 3.22. The maximum absolute atomic E-state index is 12.1. The first-order valence-corrected chi connectivity index (χ1v) is 9.35. The molecule has 1 aliphatic heterocycles. The van der Waals surface area contributed by atoms with Gasteiger partial charge in [0.05, 0.1) is 5.04 Å². The van der Waals surface area contributed by atoms with E-state index in [1.165, 1.54) is 0 Å². The Labute approximate surface area is 141 Å². The van der Waals surface area contributed by atoms with Gasteiger partial charge in [-0.15, -0.1) is 11.8 Å². The minimum Gasteiger partial charge on any atom is -0.481 e. The summed E-state index contributed by atoms with van der Waals surface area (Å²) in [5.74, 6) is 0.224. The number of aliphatic hydroxyl groups is 1. The summed E-state index contributed by atoms with van der Waals surface area (Å²) in [7, 11) is 0. The zero-order valence-corrected chi connectivity index (χ0v) is 14.1. The summed E-state index contributed by atoms with van der Waals surface area (Å²) in [6.45, 7) is 0.857. The predicted octanol–water partition coefficient (Wildman–Crippen LogP) is 2.68. The molecule has 1 heterocycles. The molecule has 1 saturated carbocycles. The highest BCUT2D eigenvalue weighted by molar-refractivity contribution is 8.14. The van der Waals surface area contributed by atoms with Gasteiger partial charge in [-0.2, -0.15) is 0 Å². The van der Waals surface area contributed by atoms with E-state index in [2.05, 4.69) is 4.99 Å². The van der Waals surface area contributed by atoms with Crippen LogP contribution in [-0.4, -0.2) is 45.4 Å². The van der Waals surface area contributed by atoms with Crippen LogP contribution in [-0.2, 0) is 9.59 Å². The number of carboxylic acids is 1. The SMILES string of the molecule is O=C(O)CCCCCCC1C(=O)C(O)CC1/C=C/C1=NCCS1. The molecule has 23 heavy (non-hydrogen) atoms. The van der Waals surface area contributed by atoms with Crippen LogP contribution in [0.2, 0.25) is 0 Å². The molecule has 0 aromatic heterocycles. The molecule has 1 aliphatic carbocycles. The van der Waals surface area contributed by atoms with Crippen LogP contribution in [0.15, 0.2) is 17.1 Å². The number of unbranched alkanes of at least 4 members (excludes halogenated alkanes) is 3. The monoisotopic (exact) mass is 339 g/mol. The van der Waals surface area contributed by atoms with Crippen LogP contribution in [0, 0.1) is 11.8 Å². The van der Waals surface area contributed by atoms with Crippen molar-refractivity contribution in [3.63, 3.8) is 0 Å². The number of carbonyl (C=O) groups excluding carboxylic acids is 1. The molecule has 0 aromatic carbocycles. The third-order valence-electron chi connectivity index (χ3n) is 4.46. The standard InChI is InChI=1S/C17H25NO4S/c19-14-11-12(7-8-15-18-9-10-23-15)13(17(14)22)5-3-1-2-4-6-16(20)21/h7-8,12-14,19H,1-6,9-11H2,(H,20,21)/b8-7+. The van der Waals surface area contributed by atoms with Crippen molar-refractivity contribution < 1.29 is 19.8 Å². The van der Waals surface area contributed by atoms with Crippen molar-refractivity contribution >= 4 is 28.6 Å². The number of aliphatic carboxylic acids is 1. The molecule has 1 fully saturated rings. The first-order valence-electron chi connectivity index (χ1n) is 8.37. The number of aliphatic hydroxyl groups excluding tert-OH is 1. The number of hydrogen-bond donors (Lipinski definition) is 2. The lowest BCUT2D eigenvalue weighted by molar-refractivity contribution is -0.137. The number of hydrogen-bond acceptors (Lipinski definition) is 5. The average Bonchev–Trinajstić information content (AvgIpc) is 3.11. The second-order valence-corrected chi connectivity index (χ2v) is 7.31. The minimum atomic E-state index is -0.833. The van der Waals surface area contributed by atoms with Crippen LogP contribution >= 0.6 is 11.8 Å². The molecule has 0 radical (unpaired) electrons. The molecule has 0 aromatic rings. The molecule has 0 saturated heterocycles. The average molecular weight is 339 g/mol. The van der Waals surface area contributed by atoms with Crippen molar-refractivity contribution in [2.24, 2.45) is 16.8 Å². The van der Waals surface area contributed by atoms with Gasteiger partial charge < -0.3 is 10.2 Å². The van der Waals surface area contributed by atoms with Gasteiger partial charge in [0.1, 0.15) is 6.10 Å². The number of thioether (sulfide) groups is 1. The van der Waals surface area contributed by atoms with Crippen LogP contribution in [0.3, 0.4) is 0 Å². The lowest BCUT2D eigenvalue weighted by Crippen LogP contribution is -2.19. The zero-order valence-electron chi connectivity index (χ0n) is 13.3. The summed E-state index contributed by atoms with van der Waals surface area (Å²) in [5, 5.41) is 19.5. The van der Waals surface area contributed by atoms with Gasteiger partial charge in [0, 0.05) is 24.6 Å². The number of rotatable bonds is 9. The van der Waals surface area contributed by atoms with Crippen LogP contribution in [0.4, 0.5) is 0 Å². The number of Topliss-reactive ketones (excluding diaryl/α,β-unsaturated/α-hetero) is 1. The number of carboxylic acid groups (broad SMARTS) is 1. The lowest BCUT2D eigenvalue weighted by Gasteiger charge is -2.14. The summed E-state index contributed by atoms with van der Waals surface area (Å²) in [4.78, 5) is 26.9. The van der Waals surface area contributed by atoms with Crippen molar-refractivity contribution in [1.82, 2.24) is 0 Å². The Morgan fingerprint density at radius 1 is 1.30 bits per heavy atom. The molecular weight excluding hydrogens is 314 g/mol. The van der Waals surface area contributed by atoms with Crippen LogP contribution in [0.25, 0.3) is 0 Å². The van der Waals surface area contributed by atoms with Crippen molar-refractivity contribution in [3.05, 3.63) is 12.2 Å². The van der Waals surface area contributed by atoms with Crippen molar-refractivity contribution in [2.45, 2.75) is 51.0 Å². The summed E-state index contributed by atoms with van der Waals surface area (Å²) >= 11 is 1.73. The van der Waals surface area contributed by atoms with Gasteiger partial charge in [-0.25, -0.2) is 0 Å². The van der Waals surface area contributed by atoms with Crippen LogP contribution < -0.4 is 0 Å². The molecule has 0 spiro atoms. The molecule has 2 aliphatic rings. The van der Waals surface area contributed by atoms with E-state index in [1.807, 2.05) is 12.2 Å². The molecule has 128 valence electrons. The number of allylic oxidation sites excluding steroid dienone is 1. The Bertz CT molecular complexity index is 489. The Hall–Kier alpha value is -1.14. The number of aliphatic imine (C=N–C) groups is 1. The molecule has 0 bridgehead atoms. The molecule has 6 heteroatoms. The molecule has 2 rings (SSSR count). The Balaban J connectivity index is 1.77. The van der Waals surface area contributed by atoms with Crippen molar-refractivity contribution in [3.8, 4) is 0 Å². The normalized spacial score (nSPS) is 27.8. The van der Waals surface area contributed by atoms with Gasteiger partial charge in [0.15, 0.2) is 5.78 Å². The third kappa shape index (κ3) is 5.77. The van der Waals surface area contributed by atoms with Gasteiger partial charge >= 0.3 is 5.97 Å². The zero-order chi connectivity index (χ0) is 16.7. The molecule has 3 atom stereocenters. The maximum Gasteiger partial charge on any atom is 0.303 e. The highest BCUT2D eigenvalue weighted by Crippen LogP contribution is 2.34. The van der Waals surface area contributed by atoms with Crippen molar-refractivity contribution in [2.75, 3.05) is 12.3 Å². The Kier molecular flexibility index (Phi) is 7.30. The van der Waals surface area contributed by atoms with E-state index in [0.29, 0.717) is 12.8 Å². The van der Waals surface area contributed by atoms with E-state index in [4.69, 9.17) is 5.11 Å².